The highest BCUT2D eigenvalue weighted by Crippen LogP contribution is 2.24. The Kier molecular flexibility index (Phi) is 5.85. The summed E-state index contributed by atoms with van der Waals surface area (Å²) in [5.74, 6) is 1.60. The van der Waals surface area contributed by atoms with Crippen molar-refractivity contribution in [2.45, 2.75) is 13.8 Å². The summed E-state index contributed by atoms with van der Waals surface area (Å²) in [4.78, 5) is 0. The van der Waals surface area contributed by atoms with Crippen molar-refractivity contribution in [2.24, 2.45) is 0 Å². The van der Waals surface area contributed by atoms with E-state index in [-0.39, 0.29) is 0 Å². The van der Waals surface area contributed by atoms with Crippen molar-refractivity contribution in [1.82, 2.24) is 5.32 Å². The molecule has 0 spiro atoms. The second-order valence-electron chi connectivity index (χ2n) is 4.78. The van der Waals surface area contributed by atoms with Gasteiger partial charge in [0.2, 0.25) is 0 Å². The number of likely N-dealkylation sites (N-methyl/N-ethyl adjacent to an activating group) is 1. The fourth-order valence-corrected chi connectivity index (χ4v) is 2.04. The first-order valence-corrected chi connectivity index (χ1v) is 7.48. The van der Waals surface area contributed by atoms with Crippen LogP contribution < -0.4 is 10.1 Å². The standard InChI is InChI=1S/C18H20ClNO/c1-3-20-13-12-14(2)15-4-8-17(9-5-15)21-18-10-6-16(19)7-11-18/h4-12,20H,3,13H2,1-2H3. The molecule has 110 valence electrons. The molecule has 2 rings (SSSR count). The van der Waals surface area contributed by atoms with E-state index in [1.54, 1.807) is 0 Å². The fraction of sp³-hybridized carbons (Fsp3) is 0.222. The van der Waals surface area contributed by atoms with Crippen molar-refractivity contribution in [3.05, 3.63) is 65.2 Å². The van der Waals surface area contributed by atoms with Gasteiger partial charge in [-0.2, -0.15) is 0 Å². The predicted molar refractivity (Wildman–Crippen MR) is 90.2 cm³/mol. The molecule has 2 aromatic carbocycles. The van der Waals surface area contributed by atoms with Crippen molar-refractivity contribution >= 4 is 17.2 Å². The van der Waals surface area contributed by atoms with Crippen LogP contribution in [-0.4, -0.2) is 13.1 Å². The molecule has 0 amide bonds. The maximum atomic E-state index is 5.86. The zero-order valence-corrected chi connectivity index (χ0v) is 13.2. The minimum Gasteiger partial charge on any atom is -0.457 e. The highest BCUT2D eigenvalue weighted by Gasteiger charge is 1.99. The molecule has 0 aliphatic rings. The first-order chi connectivity index (χ1) is 10.2. The third-order valence-corrected chi connectivity index (χ3v) is 3.41. The third kappa shape index (κ3) is 4.92. The highest BCUT2D eigenvalue weighted by molar-refractivity contribution is 6.30. The fourth-order valence-electron chi connectivity index (χ4n) is 1.91. The number of rotatable bonds is 6. The van der Waals surface area contributed by atoms with Gasteiger partial charge in [0.25, 0.3) is 0 Å². The Balaban J connectivity index is 2.01. The van der Waals surface area contributed by atoms with Crippen LogP contribution in [0.5, 0.6) is 11.5 Å². The number of halogens is 1. The largest absolute Gasteiger partial charge is 0.457 e. The number of nitrogens with one attached hydrogen (secondary N) is 1. The Morgan fingerprint density at radius 3 is 2.19 bits per heavy atom. The van der Waals surface area contributed by atoms with Crippen molar-refractivity contribution in [2.75, 3.05) is 13.1 Å². The van der Waals surface area contributed by atoms with E-state index in [1.807, 2.05) is 36.4 Å². The molecule has 0 unspecified atom stereocenters. The van der Waals surface area contributed by atoms with Gasteiger partial charge in [-0.15, -0.1) is 0 Å². The zero-order valence-electron chi connectivity index (χ0n) is 12.4. The van der Waals surface area contributed by atoms with Crippen LogP contribution in [0.25, 0.3) is 5.57 Å². The van der Waals surface area contributed by atoms with E-state index >= 15 is 0 Å². The summed E-state index contributed by atoms with van der Waals surface area (Å²) in [6, 6.07) is 15.5. The summed E-state index contributed by atoms with van der Waals surface area (Å²) in [6.07, 6.45) is 2.19. The van der Waals surface area contributed by atoms with E-state index in [1.165, 1.54) is 11.1 Å². The summed E-state index contributed by atoms with van der Waals surface area (Å²) in [7, 11) is 0. The van der Waals surface area contributed by atoms with Gasteiger partial charge in [0.1, 0.15) is 11.5 Å². The van der Waals surface area contributed by atoms with E-state index < -0.39 is 0 Å². The molecule has 0 aliphatic carbocycles. The van der Waals surface area contributed by atoms with Crippen molar-refractivity contribution in [1.29, 1.82) is 0 Å². The van der Waals surface area contributed by atoms with Gasteiger partial charge in [-0.25, -0.2) is 0 Å². The normalized spacial score (nSPS) is 11.5. The number of benzene rings is 2. The van der Waals surface area contributed by atoms with Crippen LogP contribution in [0.4, 0.5) is 0 Å². The molecule has 0 atom stereocenters. The van der Waals surface area contributed by atoms with Gasteiger partial charge < -0.3 is 10.1 Å². The number of hydrogen-bond acceptors (Lipinski definition) is 2. The highest BCUT2D eigenvalue weighted by atomic mass is 35.5. The molecular weight excluding hydrogens is 282 g/mol. The molecule has 0 radical (unpaired) electrons. The second kappa shape index (κ2) is 7.87. The Bertz CT molecular complexity index is 588. The number of allylic oxidation sites excluding steroid dienone is 1. The number of ether oxygens (including phenoxy) is 1. The van der Waals surface area contributed by atoms with Gasteiger partial charge in [-0.1, -0.05) is 36.7 Å². The van der Waals surface area contributed by atoms with E-state index in [4.69, 9.17) is 16.3 Å². The van der Waals surface area contributed by atoms with Crippen LogP contribution in [0.2, 0.25) is 5.02 Å². The molecule has 0 aromatic heterocycles. The second-order valence-corrected chi connectivity index (χ2v) is 5.21. The van der Waals surface area contributed by atoms with Crippen molar-refractivity contribution in [3.63, 3.8) is 0 Å². The molecule has 3 heteroatoms. The first kappa shape index (κ1) is 15.6. The molecule has 21 heavy (non-hydrogen) atoms. The average Bonchev–Trinajstić information content (AvgIpc) is 2.50. The maximum Gasteiger partial charge on any atom is 0.127 e. The van der Waals surface area contributed by atoms with Crippen LogP contribution in [0, 0.1) is 0 Å². The van der Waals surface area contributed by atoms with E-state index in [9.17, 15) is 0 Å². The molecular formula is C18H20ClNO. The lowest BCUT2D eigenvalue weighted by Crippen LogP contribution is -2.11. The molecule has 0 aliphatic heterocycles. The minimum absolute atomic E-state index is 0.708. The van der Waals surface area contributed by atoms with Crippen LogP contribution in [-0.2, 0) is 0 Å². The lowest BCUT2D eigenvalue weighted by Gasteiger charge is -2.07. The Labute approximate surface area is 131 Å². The topological polar surface area (TPSA) is 21.3 Å². The van der Waals surface area contributed by atoms with E-state index in [0.29, 0.717) is 5.02 Å². The van der Waals surface area contributed by atoms with Gasteiger partial charge >= 0.3 is 0 Å². The van der Waals surface area contributed by atoms with E-state index in [0.717, 1.165) is 24.6 Å². The van der Waals surface area contributed by atoms with Crippen LogP contribution in [0.1, 0.15) is 19.4 Å². The summed E-state index contributed by atoms with van der Waals surface area (Å²) in [5, 5.41) is 3.99. The molecule has 0 heterocycles. The maximum absolute atomic E-state index is 5.86. The monoisotopic (exact) mass is 301 g/mol. The first-order valence-electron chi connectivity index (χ1n) is 7.10. The zero-order chi connectivity index (χ0) is 15.1. The van der Waals surface area contributed by atoms with Gasteiger partial charge in [-0.05, 0) is 61.0 Å². The summed E-state index contributed by atoms with van der Waals surface area (Å²) in [6.45, 7) is 6.10. The van der Waals surface area contributed by atoms with Gasteiger partial charge in [0.05, 0.1) is 0 Å². The lowest BCUT2D eigenvalue weighted by molar-refractivity contribution is 0.482. The average molecular weight is 302 g/mol. The predicted octanol–water partition coefficient (Wildman–Crippen LogP) is 5.15. The number of hydrogen-bond donors (Lipinski definition) is 1. The van der Waals surface area contributed by atoms with E-state index in [2.05, 4.69) is 37.4 Å². The van der Waals surface area contributed by atoms with Crippen LogP contribution in [0.15, 0.2) is 54.6 Å². The molecule has 2 nitrogen and oxygen atoms in total. The summed E-state index contributed by atoms with van der Waals surface area (Å²) < 4.78 is 5.78. The van der Waals surface area contributed by atoms with Crippen molar-refractivity contribution in [3.8, 4) is 11.5 Å². The summed E-state index contributed by atoms with van der Waals surface area (Å²) >= 11 is 5.86. The Morgan fingerprint density at radius 2 is 1.62 bits per heavy atom. The van der Waals surface area contributed by atoms with Crippen LogP contribution >= 0.6 is 11.6 Å². The molecule has 0 bridgehead atoms. The van der Waals surface area contributed by atoms with Gasteiger partial charge in [-0.3, -0.25) is 0 Å². The quantitative estimate of drug-likeness (QED) is 0.745. The molecule has 1 N–H and O–H groups in total. The minimum atomic E-state index is 0.708. The summed E-state index contributed by atoms with van der Waals surface area (Å²) in [5.41, 5.74) is 2.46. The smallest absolute Gasteiger partial charge is 0.127 e. The lowest BCUT2D eigenvalue weighted by atomic mass is 10.1. The Morgan fingerprint density at radius 1 is 1.05 bits per heavy atom. The van der Waals surface area contributed by atoms with Crippen molar-refractivity contribution < 1.29 is 4.74 Å². The van der Waals surface area contributed by atoms with Gasteiger partial charge in [0.15, 0.2) is 0 Å². The molecule has 0 saturated carbocycles. The Hall–Kier alpha value is -1.77. The molecule has 2 aromatic rings. The SMILES string of the molecule is CCNCC=C(C)c1ccc(Oc2ccc(Cl)cc2)cc1. The van der Waals surface area contributed by atoms with Gasteiger partial charge in [0, 0.05) is 11.6 Å². The van der Waals surface area contributed by atoms with Crippen LogP contribution in [0.3, 0.4) is 0 Å². The third-order valence-electron chi connectivity index (χ3n) is 3.16. The molecule has 0 fully saturated rings. The molecule has 0 saturated heterocycles.